The zero-order chi connectivity index (χ0) is 25.8. The quantitative estimate of drug-likeness (QED) is 0.464. The number of carbonyl (C=O) groups is 2. The smallest absolute Gasteiger partial charge is 0.264 e. The number of rotatable bonds is 7. The van der Waals surface area contributed by atoms with Crippen molar-refractivity contribution in [2.75, 3.05) is 16.2 Å². The van der Waals surface area contributed by atoms with Crippen LogP contribution in [0.5, 0.6) is 0 Å². The van der Waals surface area contributed by atoms with Crippen LogP contribution in [0.1, 0.15) is 36.7 Å². The van der Waals surface area contributed by atoms with Gasteiger partial charge in [0, 0.05) is 10.6 Å². The summed E-state index contributed by atoms with van der Waals surface area (Å²) in [6, 6.07) is 19.2. The molecule has 3 aromatic rings. The number of hydrogen-bond donors (Lipinski definition) is 2. The minimum atomic E-state index is -4.09. The van der Waals surface area contributed by atoms with E-state index in [1.54, 1.807) is 54.6 Å². The zero-order valence-corrected chi connectivity index (χ0v) is 21.6. The predicted molar refractivity (Wildman–Crippen MR) is 139 cm³/mol. The summed E-state index contributed by atoms with van der Waals surface area (Å²) in [4.78, 5) is 25.9. The molecule has 0 saturated carbocycles. The Kier molecular flexibility index (Phi) is 7.87. The average molecular weight is 514 g/mol. The summed E-state index contributed by atoms with van der Waals surface area (Å²) < 4.78 is 28.0. The summed E-state index contributed by atoms with van der Waals surface area (Å²) in [6.07, 6.45) is 0. The van der Waals surface area contributed by atoms with Crippen LogP contribution in [0.3, 0.4) is 0 Å². The van der Waals surface area contributed by atoms with Gasteiger partial charge >= 0.3 is 0 Å². The molecule has 0 unspecified atom stereocenters. The highest BCUT2D eigenvalue weighted by Gasteiger charge is 2.28. The van der Waals surface area contributed by atoms with E-state index in [2.05, 4.69) is 10.6 Å². The lowest BCUT2D eigenvalue weighted by Gasteiger charge is -2.25. The molecule has 35 heavy (non-hydrogen) atoms. The molecule has 0 saturated heterocycles. The molecule has 0 aliphatic heterocycles. The summed E-state index contributed by atoms with van der Waals surface area (Å²) in [5, 5.41) is 5.88. The first-order valence-electron chi connectivity index (χ1n) is 10.9. The Morgan fingerprint density at radius 2 is 1.60 bits per heavy atom. The van der Waals surface area contributed by atoms with Crippen molar-refractivity contribution in [3.8, 4) is 0 Å². The van der Waals surface area contributed by atoms with Crippen LogP contribution in [-0.4, -0.2) is 32.3 Å². The number of nitrogens with zero attached hydrogens (tertiary/aromatic N) is 1. The summed E-state index contributed by atoms with van der Waals surface area (Å²) in [7, 11) is -4.09. The number of anilines is 2. The number of para-hydroxylation sites is 1. The molecule has 3 rings (SSSR count). The minimum Gasteiger partial charge on any atom is -0.347 e. The number of halogens is 1. The fourth-order valence-electron chi connectivity index (χ4n) is 3.30. The van der Waals surface area contributed by atoms with E-state index in [0.29, 0.717) is 5.02 Å². The van der Waals surface area contributed by atoms with Crippen LogP contribution >= 0.6 is 11.6 Å². The highest BCUT2D eigenvalue weighted by atomic mass is 35.5. The van der Waals surface area contributed by atoms with E-state index in [4.69, 9.17) is 11.6 Å². The fourth-order valence-corrected chi connectivity index (χ4v) is 4.90. The van der Waals surface area contributed by atoms with Gasteiger partial charge in [-0.1, -0.05) is 47.5 Å². The van der Waals surface area contributed by atoms with Crippen molar-refractivity contribution >= 4 is 44.8 Å². The Labute approximate surface area is 211 Å². The fraction of sp³-hybridized carbons (Fsp3) is 0.231. The Balaban J connectivity index is 1.93. The second-order valence-electron chi connectivity index (χ2n) is 9.10. The molecule has 0 bridgehead atoms. The van der Waals surface area contributed by atoms with Crippen molar-refractivity contribution in [3.05, 3.63) is 88.9 Å². The van der Waals surface area contributed by atoms with E-state index >= 15 is 0 Å². The van der Waals surface area contributed by atoms with E-state index in [9.17, 15) is 18.0 Å². The normalized spacial score (nSPS) is 11.6. The molecule has 3 aromatic carbocycles. The van der Waals surface area contributed by atoms with Gasteiger partial charge in [0.05, 0.1) is 21.8 Å². The van der Waals surface area contributed by atoms with Gasteiger partial charge in [-0.2, -0.15) is 0 Å². The molecule has 0 atom stereocenters. The molecule has 7 nitrogen and oxygen atoms in total. The Bertz CT molecular complexity index is 1330. The minimum absolute atomic E-state index is 0.0424. The van der Waals surface area contributed by atoms with E-state index in [1.807, 2.05) is 27.7 Å². The topological polar surface area (TPSA) is 95.6 Å². The second-order valence-corrected chi connectivity index (χ2v) is 11.4. The summed E-state index contributed by atoms with van der Waals surface area (Å²) >= 11 is 6.11. The van der Waals surface area contributed by atoms with Crippen LogP contribution in [0.25, 0.3) is 0 Å². The number of aryl methyl sites for hydroxylation is 1. The van der Waals surface area contributed by atoms with Crippen LogP contribution in [0.2, 0.25) is 5.02 Å². The van der Waals surface area contributed by atoms with E-state index < -0.39 is 28.0 Å². The zero-order valence-electron chi connectivity index (χ0n) is 20.0. The molecule has 0 aromatic heterocycles. The third-order valence-electron chi connectivity index (χ3n) is 4.93. The molecule has 0 heterocycles. The van der Waals surface area contributed by atoms with Gasteiger partial charge in [0.2, 0.25) is 5.91 Å². The van der Waals surface area contributed by atoms with E-state index in [-0.39, 0.29) is 27.7 Å². The van der Waals surface area contributed by atoms with Crippen LogP contribution in [0, 0.1) is 6.92 Å². The first-order chi connectivity index (χ1) is 16.4. The van der Waals surface area contributed by atoms with Gasteiger partial charge in [0.15, 0.2) is 0 Å². The number of nitrogens with one attached hydrogen (secondary N) is 2. The van der Waals surface area contributed by atoms with Crippen molar-refractivity contribution in [3.63, 3.8) is 0 Å². The van der Waals surface area contributed by atoms with Gasteiger partial charge < -0.3 is 10.6 Å². The van der Waals surface area contributed by atoms with Crippen LogP contribution in [0.4, 0.5) is 11.4 Å². The number of hydrogen-bond acceptors (Lipinski definition) is 4. The highest BCUT2D eigenvalue weighted by molar-refractivity contribution is 7.92. The summed E-state index contributed by atoms with van der Waals surface area (Å²) in [5.41, 5.74) is 1.22. The van der Waals surface area contributed by atoms with Crippen molar-refractivity contribution < 1.29 is 18.0 Å². The Morgan fingerprint density at radius 3 is 2.23 bits per heavy atom. The molecule has 0 aliphatic carbocycles. The molecule has 184 valence electrons. The summed E-state index contributed by atoms with van der Waals surface area (Å²) in [6.45, 7) is 6.89. The predicted octanol–water partition coefficient (Wildman–Crippen LogP) is 5.01. The van der Waals surface area contributed by atoms with Crippen molar-refractivity contribution in [1.82, 2.24) is 5.32 Å². The molecule has 0 aliphatic rings. The molecule has 9 heteroatoms. The Morgan fingerprint density at radius 1 is 0.943 bits per heavy atom. The monoisotopic (exact) mass is 513 g/mol. The van der Waals surface area contributed by atoms with E-state index in [0.717, 1.165) is 9.87 Å². The summed E-state index contributed by atoms with van der Waals surface area (Å²) in [5.74, 6) is -0.968. The largest absolute Gasteiger partial charge is 0.347 e. The third-order valence-corrected chi connectivity index (χ3v) is 6.95. The standard InChI is InChI=1S/C26H28ClN3O4S/c1-18-12-14-21(15-13-18)35(33,34)30(20-9-7-8-19(27)16-20)17-24(31)28-23-11-6-5-10-22(23)25(32)29-26(2,3)4/h5-16H,17H2,1-4H3,(H,28,31)(H,29,32). The van der Waals surface area contributed by atoms with Gasteiger partial charge in [-0.05, 0) is 70.2 Å². The molecule has 2 N–H and O–H groups in total. The lowest BCUT2D eigenvalue weighted by atomic mass is 10.1. The van der Waals surface area contributed by atoms with Crippen LogP contribution in [0.15, 0.2) is 77.7 Å². The highest BCUT2D eigenvalue weighted by Crippen LogP contribution is 2.27. The van der Waals surface area contributed by atoms with Crippen molar-refractivity contribution in [2.45, 2.75) is 38.1 Å². The number of amides is 2. The molecule has 0 fully saturated rings. The first-order valence-corrected chi connectivity index (χ1v) is 12.7. The number of sulfonamides is 1. The van der Waals surface area contributed by atoms with Gasteiger partial charge in [-0.15, -0.1) is 0 Å². The maximum atomic E-state index is 13.5. The van der Waals surface area contributed by atoms with Crippen LogP contribution in [-0.2, 0) is 14.8 Å². The molecule has 0 radical (unpaired) electrons. The number of carbonyl (C=O) groups excluding carboxylic acids is 2. The van der Waals surface area contributed by atoms with E-state index in [1.165, 1.54) is 18.2 Å². The third kappa shape index (κ3) is 6.83. The Hall–Kier alpha value is -3.36. The lowest BCUT2D eigenvalue weighted by Crippen LogP contribution is -2.41. The van der Waals surface area contributed by atoms with Crippen molar-refractivity contribution in [2.24, 2.45) is 0 Å². The molecule has 0 spiro atoms. The lowest BCUT2D eigenvalue weighted by molar-refractivity contribution is -0.114. The molecular weight excluding hydrogens is 486 g/mol. The van der Waals surface area contributed by atoms with Crippen LogP contribution < -0.4 is 14.9 Å². The average Bonchev–Trinajstić information content (AvgIpc) is 2.77. The van der Waals surface area contributed by atoms with Gasteiger partial charge in [0.1, 0.15) is 6.54 Å². The number of benzene rings is 3. The maximum Gasteiger partial charge on any atom is 0.264 e. The first kappa shape index (κ1) is 26.2. The maximum absolute atomic E-state index is 13.5. The van der Waals surface area contributed by atoms with Gasteiger partial charge in [-0.3, -0.25) is 13.9 Å². The SMILES string of the molecule is Cc1ccc(S(=O)(=O)N(CC(=O)Nc2ccccc2C(=O)NC(C)(C)C)c2cccc(Cl)c2)cc1. The van der Waals surface area contributed by atoms with Gasteiger partial charge in [0.25, 0.3) is 15.9 Å². The second kappa shape index (κ2) is 10.5. The van der Waals surface area contributed by atoms with Gasteiger partial charge in [-0.25, -0.2) is 8.42 Å². The van der Waals surface area contributed by atoms with Crippen molar-refractivity contribution in [1.29, 1.82) is 0 Å². The molecule has 2 amide bonds. The molecular formula is C26H28ClN3O4S.